The monoisotopic (exact) mass is 223 g/mol. The fourth-order valence-electron chi connectivity index (χ4n) is 1.64. The van der Waals surface area contributed by atoms with Gasteiger partial charge in [0.05, 0.1) is 11.3 Å². The zero-order valence-electron chi connectivity index (χ0n) is 9.64. The lowest BCUT2D eigenvalue weighted by Gasteiger charge is -2.04. The topological polar surface area (TPSA) is 62.7 Å². The van der Waals surface area contributed by atoms with Crippen molar-refractivity contribution >= 4 is 5.82 Å². The summed E-state index contributed by atoms with van der Waals surface area (Å²) in [7, 11) is 0. The molecular weight excluding hydrogens is 210 g/mol. The van der Waals surface area contributed by atoms with Gasteiger partial charge in [0, 0.05) is 5.56 Å². The van der Waals surface area contributed by atoms with Crippen LogP contribution in [0, 0.1) is 11.3 Å². The van der Waals surface area contributed by atoms with E-state index in [0.29, 0.717) is 5.56 Å². The number of hydrogen-bond acceptors (Lipinski definition) is 3. The molecule has 0 saturated heterocycles. The molecule has 3 nitrogen and oxygen atoms in total. The number of nitriles is 1. The van der Waals surface area contributed by atoms with E-state index in [0.717, 1.165) is 17.7 Å². The number of nitrogen functional groups attached to an aromatic ring is 1. The molecule has 0 spiro atoms. The predicted octanol–water partition coefficient (Wildman–Crippen LogP) is 2.76. The molecule has 0 atom stereocenters. The minimum absolute atomic E-state index is 0.282. The van der Waals surface area contributed by atoms with Gasteiger partial charge in [-0.15, -0.1) is 0 Å². The van der Waals surface area contributed by atoms with E-state index in [1.807, 2.05) is 24.3 Å². The Balaban J connectivity index is 2.40. The summed E-state index contributed by atoms with van der Waals surface area (Å²) >= 11 is 0. The van der Waals surface area contributed by atoms with Crippen molar-refractivity contribution < 1.29 is 0 Å². The normalized spacial score (nSPS) is 9.88. The summed E-state index contributed by atoms with van der Waals surface area (Å²) in [6, 6.07) is 13.7. The highest BCUT2D eigenvalue weighted by molar-refractivity contribution is 5.63. The van der Waals surface area contributed by atoms with Crippen LogP contribution in [0.2, 0.25) is 0 Å². The quantitative estimate of drug-likeness (QED) is 0.851. The summed E-state index contributed by atoms with van der Waals surface area (Å²) in [5, 5.41) is 8.78. The Labute approximate surface area is 101 Å². The smallest absolute Gasteiger partial charge is 0.142 e. The van der Waals surface area contributed by atoms with Crippen LogP contribution in [-0.4, -0.2) is 4.98 Å². The average molecular weight is 223 g/mol. The molecule has 0 aliphatic heterocycles. The predicted molar refractivity (Wildman–Crippen MR) is 68.2 cm³/mol. The van der Waals surface area contributed by atoms with Gasteiger partial charge in [0.25, 0.3) is 0 Å². The maximum atomic E-state index is 8.78. The molecule has 0 bridgehead atoms. The fraction of sp³-hybridized carbons (Fsp3) is 0.143. The summed E-state index contributed by atoms with van der Waals surface area (Å²) in [4.78, 5) is 4.22. The number of nitrogens with two attached hydrogens (primary N) is 1. The van der Waals surface area contributed by atoms with Crippen LogP contribution in [0.4, 0.5) is 5.82 Å². The first-order valence-electron chi connectivity index (χ1n) is 5.50. The third-order valence-corrected chi connectivity index (χ3v) is 2.70. The number of nitrogens with zero attached hydrogens (tertiary/aromatic N) is 2. The van der Waals surface area contributed by atoms with Crippen molar-refractivity contribution in [1.82, 2.24) is 4.98 Å². The zero-order valence-corrected chi connectivity index (χ0v) is 9.64. The van der Waals surface area contributed by atoms with Crippen molar-refractivity contribution in [1.29, 1.82) is 5.26 Å². The van der Waals surface area contributed by atoms with Gasteiger partial charge in [-0.25, -0.2) is 4.98 Å². The molecule has 2 aromatic rings. The van der Waals surface area contributed by atoms with E-state index in [4.69, 9.17) is 11.0 Å². The summed E-state index contributed by atoms with van der Waals surface area (Å²) in [6.07, 6.45) is 1.02. The summed E-state index contributed by atoms with van der Waals surface area (Å²) in [5.74, 6) is 0.282. The van der Waals surface area contributed by atoms with Gasteiger partial charge in [-0.2, -0.15) is 5.26 Å². The first-order valence-corrected chi connectivity index (χ1v) is 5.50. The van der Waals surface area contributed by atoms with Crippen molar-refractivity contribution in [3.63, 3.8) is 0 Å². The zero-order chi connectivity index (χ0) is 12.3. The molecule has 1 aromatic heterocycles. The van der Waals surface area contributed by atoms with Gasteiger partial charge >= 0.3 is 0 Å². The summed E-state index contributed by atoms with van der Waals surface area (Å²) < 4.78 is 0. The van der Waals surface area contributed by atoms with Crippen LogP contribution in [-0.2, 0) is 6.42 Å². The average Bonchev–Trinajstić information content (AvgIpc) is 2.39. The van der Waals surface area contributed by atoms with Gasteiger partial charge < -0.3 is 5.73 Å². The molecule has 0 fully saturated rings. The molecule has 17 heavy (non-hydrogen) atoms. The van der Waals surface area contributed by atoms with E-state index in [2.05, 4.69) is 24.0 Å². The number of anilines is 1. The molecule has 3 heteroatoms. The van der Waals surface area contributed by atoms with E-state index in [-0.39, 0.29) is 5.82 Å². The number of aromatic nitrogens is 1. The minimum atomic E-state index is 0.282. The molecular formula is C14H13N3. The van der Waals surface area contributed by atoms with Crippen LogP contribution < -0.4 is 5.73 Å². The Morgan fingerprint density at radius 3 is 2.41 bits per heavy atom. The van der Waals surface area contributed by atoms with Gasteiger partial charge in [-0.05, 0) is 24.1 Å². The Bertz CT molecular complexity index is 565. The lowest BCUT2D eigenvalue weighted by Crippen LogP contribution is -1.96. The maximum Gasteiger partial charge on any atom is 0.142 e. The van der Waals surface area contributed by atoms with Crippen molar-refractivity contribution in [2.24, 2.45) is 0 Å². The van der Waals surface area contributed by atoms with Crippen LogP contribution in [0.3, 0.4) is 0 Å². The molecule has 0 aliphatic rings. The first-order chi connectivity index (χ1) is 8.24. The number of benzene rings is 1. The Morgan fingerprint density at radius 1 is 1.18 bits per heavy atom. The molecule has 0 radical (unpaired) electrons. The highest BCUT2D eigenvalue weighted by Crippen LogP contribution is 2.20. The van der Waals surface area contributed by atoms with E-state index in [9.17, 15) is 0 Å². The van der Waals surface area contributed by atoms with Gasteiger partial charge in [0.1, 0.15) is 11.9 Å². The largest absolute Gasteiger partial charge is 0.383 e. The molecule has 0 aliphatic carbocycles. The van der Waals surface area contributed by atoms with Gasteiger partial charge in [-0.1, -0.05) is 31.2 Å². The highest BCUT2D eigenvalue weighted by atomic mass is 14.8. The molecule has 0 unspecified atom stereocenters. The van der Waals surface area contributed by atoms with E-state index in [1.54, 1.807) is 6.07 Å². The Morgan fingerprint density at radius 2 is 1.88 bits per heavy atom. The summed E-state index contributed by atoms with van der Waals surface area (Å²) in [5.41, 5.74) is 9.20. The second-order valence-corrected chi connectivity index (χ2v) is 3.79. The highest BCUT2D eigenvalue weighted by Gasteiger charge is 2.03. The SMILES string of the molecule is CCc1ccc(-c2ccc(C#N)c(N)n2)cc1. The standard InChI is InChI=1S/C14H13N3/c1-2-10-3-5-11(6-4-10)13-8-7-12(9-15)14(16)17-13/h3-8H,2H2,1H3,(H2,16,17). The lowest BCUT2D eigenvalue weighted by molar-refractivity contribution is 1.14. The fourth-order valence-corrected chi connectivity index (χ4v) is 1.64. The molecule has 2 rings (SSSR count). The second-order valence-electron chi connectivity index (χ2n) is 3.79. The van der Waals surface area contributed by atoms with Gasteiger partial charge in [0.2, 0.25) is 0 Å². The van der Waals surface area contributed by atoms with Crippen LogP contribution in [0.25, 0.3) is 11.3 Å². The van der Waals surface area contributed by atoms with Crippen molar-refractivity contribution in [2.75, 3.05) is 5.73 Å². The Hall–Kier alpha value is -2.34. The van der Waals surface area contributed by atoms with Crippen molar-refractivity contribution in [2.45, 2.75) is 13.3 Å². The molecule has 2 N–H and O–H groups in total. The van der Waals surface area contributed by atoms with Crippen molar-refractivity contribution in [3.05, 3.63) is 47.5 Å². The second kappa shape index (κ2) is 4.67. The van der Waals surface area contributed by atoms with Crippen LogP contribution in [0.5, 0.6) is 0 Å². The molecule has 1 aromatic carbocycles. The number of aryl methyl sites for hydroxylation is 1. The third-order valence-electron chi connectivity index (χ3n) is 2.70. The van der Waals surface area contributed by atoms with Crippen LogP contribution in [0.15, 0.2) is 36.4 Å². The number of pyridine rings is 1. The van der Waals surface area contributed by atoms with E-state index >= 15 is 0 Å². The maximum absolute atomic E-state index is 8.78. The van der Waals surface area contributed by atoms with Crippen molar-refractivity contribution in [3.8, 4) is 17.3 Å². The number of rotatable bonds is 2. The number of hydrogen-bond donors (Lipinski definition) is 1. The molecule has 1 heterocycles. The Kier molecular flexibility index (Phi) is 3.06. The third kappa shape index (κ3) is 2.26. The minimum Gasteiger partial charge on any atom is -0.383 e. The lowest BCUT2D eigenvalue weighted by atomic mass is 10.1. The molecule has 84 valence electrons. The van der Waals surface area contributed by atoms with Gasteiger partial charge in [-0.3, -0.25) is 0 Å². The van der Waals surface area contributed by atoms with E-state index < -0.39 is 0 Å². The van der Waals surface area contributed by atoms with E-state index in [1.165, 1.54) is 5.56 Å². The summed E-state index contributed by atoms with van der Waals surface area (Å²) in [6.45, 7) is 2.12. The van der Waals surface area contributed by atoms with Crippen LogP contribution in [0.1, 0.15) is 18.1 Å². The molecule has 0 saturated carbocycles. The first kappa shape index (κ1) is 11.2. The van der Waals surface area contributed by atoms with Crippen LogP contribution >= 0.6 is 0 Å². The van der Waals surface area contributed by atoms with Gasteiger partial charge in [0.15, 0.2) is 0 Å². The molecule has 0 amide bonds.